The van der Waals surface area contributed by atoms with E-state index >= 15 is 0 Å². The van der Waals surface area contributed by atoms with E-state index in [9.17, 15) is 28.0 Å². The van der Waals surface area contributed by atoms with Gasteiger partial charge in [0.05, 0.1) is 18.4 Å². The van der Waals surface area contributed by atoms with Crippen molar-refractivity contribution in [3.8, 4) is 6.07 Å². The second kappa shape index (κ2) is 11.0. The first-order valence-corrected chi connectivity index (χ1v) is 11.6. The van der Waals surface area contributed by atoms with Crippen LogP contribution in [0.25, 0.3) is 0 Å². The third-order valence-corrected chi connectivity index (χ3v) is 6.49. The SMILES string of the molecule is COC(=O)c1sccc1N/C=C(\C#N)C(=O)c1cccc(CSc2cccc(C(F)(F)F)c2)c1. The molecule has 0 saturated heterocycles. The van der Waals surface area contributed by atoms with E-state index in [2.05, 4.69) is 5.32 Å². The zero-order chi connectivity index (χ0) is 24.7. The van der Waals surface area contributed by atoms with Gasteiger partial charge < -0.3 is 10.1 Å². The molecule has 1 N–H and O–H groups in total. The Morgan fingerprint density at radius 3 is 2.65 bits per heavy atom. The van der Waals surface area contributed by atoms with Gasteiger partial charge in [-0.15, -0.1) is 23.1 Å². The number of nitrogens with zero attached hydrogens (tertiary/aromatic N) is 1. The number of hydrogen-bond acceptors (Lipinski definition) is 7. The lowest BCUT2D eigenvalue weighted by Gasteiger charge is -2.09. The van der Waals surface area contributed by atoms with Crippen molar-refractivity contribution in [3.05, 3.63) is 93.3 Å². The average molecular weight is 503 g/mol. The molecule has 3 rings (SSSR count). The van der Waals surface area contributed by atoms with Crippen molar-refractivity contribution in [2.75, 3.05) is 12.4 Å². The van der Waals surface area contributed by atoms with Crippen LogP contribution in [0.2, 0.25) is 0 Å². The Labute approximate surface area is 201 Å². The maximum Gasteiger partial charge on any atom is 0.416 e. The minimum atomic E-state index is -4.42. The molecule has 0 bridgehead atoms. The van der Waals surface area contributed by atoms with Gasteiger partial charge in [0.25, 0.3) is 0 Å². The molecule has 10 heteroatoms. The van der Waals surface area contributed by atoms with Crippen LogP contribution >= 0.6 is 23.1 Å². The fourth-order valence-corrected chi connectivity index (χ4v) is 4.53. The molecule has 0 radical (unpaired) electrons. The summed E-state index contributed by atoms with van der Waals surface area (Å²) in [5.41, 5.74) is 0.478. The van der Waals surface area contributed by atoms with Gasteiger partial charge in [-0.1, -0.05) is 24.3 Å². The Bertz CT molecular complexity index is 1280. The van der Waals surface area contributed by atoms with E-state index in [1.165, 1.54) is 31.1 Å². The van der Waals surface area contributed by atoms with Crippen LogP contribution in [0, 0.1) is 11.3 Å². The van der Waals surface area contributed by atoms with E-state index in [-0.39, 0.29) is 11.1 Å². The maximum atomic E-state index is 12.9. The zero-order valence-electron chi connectivity index (χ0n) is 17.7. The monoisotopic (exact) mass is 502 g/mol. The van der Waals surface area contributed by atoms with Gasteiger partial charge in [0.15, 0.2) is 0 Å². The van der Waals surface area contributed by atoms with Crippen molar-refractivity contribution in [1.82, 2.24) is 0 Å². The predicted octanol–water partition coefficient (Wildman–Crippen LogP) is 6.55. The minimum absolute atomic E-state index is 0.176. The number of Topliss-reactive ketones (excluding diaryl/α,β-unsaturated/α-hetero) is 1. The Morgan fingerprint density at radius 1 is 1.18 bits per heavy atom. The number of allylic oxidation sites excluding steroid dienone is 1. The summed E-state index contributed by atoms with van der Waals surface area (Å²) in [5.74, 6) is -0.735. The molecule has 0 saturated carbocycles. The van der Waals surface area contributed by atoms with Crippen molar-refractivity contribution >= 4 is 40.5 Å². The molecule has 34 heavy (non-hydrogen) atoms. The fraction of sp³-hybridized carbons (Fsp3) is 0.125. The molecule has 0 unspecified atom stereocenters. The molecule has 0 amide bonds. The summed E-state index contributed by atoms with van der Waals surface area (Å²) in [5, 5.41) is 13.9. The van der Waals surface area contributed by atoms with Crippen LogP contribution in [-0.4, -0.2) is 18.9 Å². The first-order chi connectivity index (χ1) is 16.2. The highest BCUT2D eigenvalue weighted by atomic mass is 32.2. The number of alkyl halides is 3. The van der Waals surface area contributed by atoms with Crippen molar-refractivity contribution in [3.63, 3.8) is 0 Å². The van der Waals surface area contributed by atoms with Gasteiger partial charge >= 0.3 is 12.1 Å². The van der Waals surface area contributed by atoms with E-state index in [1.54, 1.807) is 41.8 Å². The van der Waals surface area contributed by atoms with Crippen LogP contribution < -0.4 is 5.32 Å². The number of halogens is 3. The maximum absolute atomic E-state index is 12.9. The summed E-state index contributed by atoms with van der Waals surface area (Å²) in [6, 6.07) is 15.0. The zero-order valence-corrected chi connectivity index (χ0v) is 19.3. The van der Waals surface area contributed by atoms with Crippen LogP contribution in [0.5, 0.6) is 0 Å². The normalized spacial score (nSPS) is 11.6. The van der Waals surface area contributed by atoms with Gasteiger partial charge in [-0.3, -0.25) is 4.79 Å². The van der Waals surface area contributed by atoms with Crippen LogP contribution in [0.4, 0.5) is 18.9 Å². The second-order valence-electron chi connectivity index (χ2n) is 6.81. The highest BCUT2D eigenvalue weighted by Crippen LogP contribution is 2.33. The quantitative estimate of drug-likeness (QED) is 0.124. The van der Waals surface area contributed by atoms with Gasteiger partial charge in [-0.05, 0) is 41.3 Å². The molecule has 174 valence electrons. The van der Waals surface area contributed by atoms with Gasteiger partial charge in [0.1, 0.15) is 16.5 Å². The largest absolute Gasteiger partial charge is 0.465 e. The number of ether oxygens (including phenoxy) is 1. The fourth-order valence-electron chi connectivity index (χ4n) is 2.86. The summed E-state index contributed by atoms with van der Waals surface area (Å²) in [6.07, 6.45) is -3.20. The van der Waals surface area contributed by atoms with Gasteiger partial charge in [0.2, 0.25) is 5.78 Å². The van der Waals surface area contributed by atoms with E-state index in [0.29, 0.717) is 26.8 Å². The van der Waals surface area contributed by atoms with Crippen molar-refractivity contribution in [2.24, 2.45) is 0 Å². The third-order valence-electron chi connectivity index (χ3n) is 4.53. The number of benzene rings is 2. The molecule has 0 aliphatic carbocycles. The highest BCUT2D eigenvalue weighted by Gasteiger charge is 2.30. The number of methoxy groups -OCH3 is 1. The standard InChI is InChI=1S/C24H17F3N2O3S2/c1-32-23(31)22-20(8-9-33-22)29-13-17(12-28)21(30)16-5-2-4-15(10-16)14-34-19-7-3-6-18(11-19)24(25,26)27/h2-11,13,29H,14H2,1H3/b17-13+. The lowest BCUT2D eigenvalue weighted by atomic mass is 10.0. The molecular formula is C24H17F3N2O3S2. The summed E-state index contributed by atoms with van der Waals surface area (Å²) in [6.45, 7) is 0. The van der Waals surface area contributed by atoms with Crippen molar-refractivity contribution in [2.45, 2.75) is 16.8 Å². The number of nitrogens with one attached hydrogen (secondary N) is 1. The van der Waals surface area contributed by atoms with E-state index in [1.807, 2.05) is 6.07 Å². The molecule has 1 aromatic heterocycles. The molecule has 0 fully saturated rings. The third kappa shape index (κ3) is 6.27. The summed E-state index contributed by atoms with van der Waals surface area (Å²) in [4.78, 5) is 25.4. The van der Waals surface area contributed by atoms with Crippen LogP contribution in [0.1, 0.15) is 31.2 Å². The average Bonchev–Trinajstić information content (AvgIpc) is 3.31. The Balaban J connectivity index is 1.72. The first-order valence-electron chi connectivity index (χ1n) is 9.69. The summed E-state index contributed by atoms with van der Waals surface area (Å²) >= 11 is 2.36. The highest BCUT2D eigenvalue weighted by molar-refractivity contribution is 7.98. The van der Waals surface area contributed by atoms with Gasteiger partial charge in [0, 0.05) is 22.4 Å². The molecule has 0 aliphatic rings. The number of nitriles is 1. The molecule has 0 atom stereocenters. The van der Waals surface area contributed by atoms with E-state index in [0.717, 1.165) is 23.5 Å². The Morgan fingerprint density at radius 2 is 1.94 bits per heavy atom. The van der Waals surface area contributed by atoms with E-state index in [4.69, 9.17) is 4.74 Å². The van der Waals surface area contributed by atoms with Crippen LogP contribution in [0.3, 0.4) is 0 Å². The van der Waals surface area contributed by atoms with Crippen LogP contribution in [-0.2, 0) is 16.7 Å². The number of thioether (sulfide) groups is 1. The predicted molar refractivity (Wildman–Crippen MR) is 125 cm³/mol. The molecule has 5 nitrogen and oxygen atoms in total. The minimum Gasteiger partial charge on any atom is -0.465 e. The number of rotatable bonds is 8. The topological polar surface area (TPSA) is 79.2 Å². The molecule has 0 spiro atoms. The lowest BCUT2D eigenvalue weighted by molar-refractivity contribution is -0.137. The first kappa shape index (κ1) is 25.1. The molecule has 3 aromatic rings. The van der Waals surface area contributed by atoms with E-state index < -0.39 is 23.5 Å². The number of hydrogen-bond donors (Lipinski definition) is 1. The number of esters is 1. The smallest absolute Gasteiger partial charge is 0.416 e. The molecule has 1 heterocycles. The van der Waals surface area contributed by atoms with Crippen molar-refractivity contribution in [1.29, 1.82) is 5.26 Å². The molecule has 2 aromatic carbocycles. The second-order valence-corrected chi connectivity index (χ2v) is 8.78. The van der Waals surface area contributed by atoms with Gasteiger partial charge in [-0.25, -0.2) is 4.79 Å². The number of carbonyl (C=O) groups is 2. The summed E-state index contributed by atoms with van der Waals surface area (Å²) in [7, 11) is 1.25. The molecule has 0 aliphatic heterocycles. The van der Waals surface area contributed by atoms with Gasteiger partial charge in [-0.2, -0.15) is 18.4 Å². The van der Waals surface area contributed by atoms with Crippen LogP contribution in [0.15, 0.2) is 76.6 Å². The molecular weight excluding hydrogens is 485 g/mol. The number of thiophene rings is 1. The Kier molecular flexibility index (Phi) is 8.15. The number of anilines is 1. The van der Waals surface area contributed by atoms with Crippen molar-refractivity contribution < 1.29 is 27.5 Å². The lowest BCUT2D eigenvalue weighted by Crippen LogP contribution is -2.06. The number of carbonyl (C=O) groups excluding carboxylic acids is 2. The number of ketones is 1. The summed E-state index contributed by atoms with van der Waals surface area (Å²) < 4.78 is 43.4. The Hall–Kier alpha value is -3.55.